The lowest BCUT2D eigenvalue weighted by Gasteiger charge is -2.05. The fraction of sp³-hybridized carbons (Fsp3) is 0.556. The smallest absolute Gasteiger partial charge is 0.183 e. The van der Waals surface area contributed by atoms with E-state index in [-0.39, 0.29) is 5.78 Å². The topological polar surface area (TPSA) is 70.1 Å². The average molecular weight is 276 g/mol. The highest BCUT2D eigenvalue weighted by atomic mass is 79.9. The van der Waals surface area contributed by atoms with E-state index in [1.54, 1.807) is 18.0 Å². The van der Waals surface area contributed by atoms with E-state index in [1.807, 2.05) is 0 Å². The molecule has 0 unspecified atom stereocenters. The molecule has 0 saturated heterocycles. The van der Waals surface area contributed by atoms with Gasteiger partial charge in [-0.3, -0.25) is 9.48 Å². The van der Waals surface area contributed by atoms with Gasteiger partial charge in [0.2, 0.25) is 0 Å². The summed E-state index contributed by atoms with van der Waals surface area (Å²) in [7, 11) is 1.61. The zero-order chi connectivity index (χ0) is 11.3. The standard InChI is InChI=1S/C9H14BrN3O2/c1-15-5-4-13-9(7(10)6-12-13)8(14)2-3-11/h6H,2-5,11H2,1H3. The number of methoxy groups -OCH3 is 1. The predicted octanol–water partition coefficient (Wildman–Crippen LogP) is 0.823. The van der Waals surface area contributed by atoms with Gasteiger partial charge in [-0.2, -0.15) is 5.10 Å². The maximum absolute atomic E-state index is 11.7. The molecule has 0 spiro atoms. The van der Waals surface area contributed by atoms with Crippen LogP contribution in [-0.2, 0) is 11.3 Å². The largest absolute Gasteiger partial charge is 0.383 e. The molecule has 0 aliphatic rings. The molecular formula is C9H14BrN3O2. The Morgan fingerprint density at radius 1 is 1.73 bits per heavy atom. The molecule has 1 aromatic rings. The van der Waals surface area contributed by atoms with E-state index in [1.165, 1.54) is 0 Å². The monoisotopic (exact) mass is 275 g/mol. The second-order valence-corrected chi connectivity index (χ2v) is 3.87. The summed E-state index contributed by atoms with van der Waals surface area (Å²) in [6, 6.07) is 0. The molecule has 0 aliphatic heterocycles. The number of rotatable bonds is 6. The lowest BCUT2D eigenvalue weighted by atomic mass is 10.2. The second-order valence-electron chi connectivity index (χ2n) is 3.02. The van der Waals surface area contributed by atoms with Crippen LogP contribution in [0.15, 0.2) is 10.7 Å². The summed E-state index contributed by atoms with van der Waals surface area (Å²) in [4.78, 5) is 11.7. The molecule has 0 saturated carbocycles. The highest BCUT2D eigenvalue weighted by Crippen LogP contribution is 2.17. The molecule has 0 aliphatic carbocycles. The van der Waals surface area contributed by atoms with Gasteiger partial charge in [-0.25, -0.2) is 0 Å². The molecule has 15 heavy (non-hydrogen) atoms. The number of hydrogen-bond donors (Lipinski definition) is 1. The van der Waals surface area contributed by atoms with Crippen LogP contribution in [0.3, 0.4) is 0 Å². The van der Waals surface area contributed by atoms with Crippen molar-refractivity contribution in [3.63, 3.8) is 0 Å². The van der Waals surface area contributed by atoms with Gasteiger partial charge in [0.1, 0.15) is 5.69 Å². The van der Waals surface area contributed by atoms with Gasteiger partial charge in [-0.15, -0.1) is 0 Å². The summed E-state index contributed by atoms with van der Waals surface area (Å²) >= 11 is 3.29. The Balaban J connectivity index is 2.83. The first-order valence-electron chi connectivity index (χ1n) is 4.64. The zero-order valence-electron chi connectivity index (χ0n) is 8.57. The summed E-state index contributed by atoms with van der Waals surface area (Å²) in [5.74, 6) is -0.00187. The number of nitrogens with zero attached hydrogens (tertiary/aromatic N) is 2. The maximum atomic E-state index is 11.7. The van der Waals surface area contributed by atoms with E-state index in [9.17, 15) is 4.79 Å². The Morgan fingerprint density at radius 2 is 2.47 bits per heavy atom. The van der Waals surface area contributed by atoms with E-state index in [0.717, 1.165) is 0 Å². The summed E-state index contributed by atoms with van der Waals surface area (Å²) in [6.07, 6.45) is 1.94. The summed E-state index contributed by atoms with van der Waals surface area (Å²) in [5, 5.41) is 4.08. The Hall–Kier alpha value is -0.720. The second kappa shape index (κ2) is 5.99. The number of nitrogens with two attached hydrogens (primary N) is 1. The Bertz CT molecular complexity index is 338. The minimum atomic E-state index is -0.00187. The van der Waals surface area contributed by atoms with E-state index in [2.05, 4.69) is 21.0 Å². The normalized spacial score (nSPS) is 10.6. The zero-order valence-corrected chi connectivity index (χ0v) is 10.2. The lowest BCUT2D eigenvalue weighted by Crippen LogP contribution is -2.16. The predicted molar refractivity (Wildman–Crippen MR) is 59.8 cm³/mol. The molecule has 0 aromatic carbocycles. The van der Waals surface area contributed by atoms with Crippen LogP contribution in [0, 0.1) is 0 Å². The summed E-state index contributed by atoms with van der Waals surface area (Å²) in [5.41, 5.74) is 5.91. The number of aromatic nitrogens is 2. The molecule has 1 aromatic heterocycles. The molecule has 0 fully saturated rings. The number of carbonyl (C=O) groups excluding carboxylic acids is 1. The van der Waals surface area contributed by atoms with Crippen LogP contribution in [0.5, 0.6) is 0 Å². The van der Waals surface area contributed by atoms with Crippen molar-refractivity contribution >= 4 is 21.7 Å². The molecule has 0 atom stereocenters. The Kier molecular flexibility index (Phi) is 4.93. The third-order valence-corrected chi connectivity index (χ3v) is 2.52. The fourth-order valence-corrected chi connectivity index (χ4v) is 1.75. The highest BCUT2D eigenvalue weighted by Gasteiger charge is 2.15. The Labute approximate surface area is 96.7 Å². The quantitative estimate of drug-likeness (QED) is 0.781. The van der Waals surface area contributed by atoms with Gasteiger partial charge in [0, 0.05) is 13.5 Å². The van der Waals surface area contributed by atoms with Crippen molar-refractivity contribution < 1.29 is 9.53 Å². The molecule has 84 valence electrons. The molecule has 0 bridgehead atoms. The van der Waals surface area contributed by atoms with Crippen LogP contribution in [0.4, 0.5) is 0 Å². The maximum Gasteiger partial charge on any atom is 0.183 e. The minimum Gasteiger partial charge on any atom is -0.383 e. The number of ether oxygens (including phenoxy) is 1. The first-order chi connectivity index (χ1) is 7.20. The minimum absolute atomic E-state index is 0.00187. The molecule has 1 heterocycles. The van der Waals surface area contributed by atoms with E-state index >= 15 is 0 Å². The van der Waals surface area contributed by atoms with Crippen LogP contribution >= 0.6 is 15.9 Å². The number of hydrogen-bond acceptors (Lipinski definition) is 4. The van der Waals surface area contributed by atoms with Gasteiger partial charge in [-0.1, -0.05) is 0 Å². The van der Waals surface area contributed by atoms with Crippen molar-refractivity contribution in [2.75, 3.05) is 20.3 Å². The van der Waals surface area contributed by atoms with Crippen molar-refractivity contribution in [1.82, 2.24) is 9.78 Å². The SMILES string of the molecule is COCCn1ncc(Br)c1C(=O)CCN. The van der Waals surface area contributed by atoms with Crippen LogP contribution in [0.1, 0.15) is 16.9 Å². The van der Waals surface area contributed by atoms with Crippen molar-refractivity contribution in [3.05, 3.63) is 16.4 Å². The first-order valence-corrected chi connectivity index (χ1v) is 5.43. The van der Waals surface area contributed by atoms with Gasteiger partial charge in [0.15, 0.2) is 5.78 Å². The summed E-state index contributed by atoms with van der Waals surface area (Å²) < 4.78 is 7.27. The van der Waals surface area contributed by atoms with Gasteiger partial charge in [0.25, 0.3) is 0 Å². The van der Waals surface area contributed by atoms with Crippen LogP contribution in [0.2, 0.25) is 0 Å². The Morgan fingerprint density at radius 3 is 3.07 bits per heavy atom. The van der Waals surface area contributed by atoms with Crippen LogP contribution < -0.4 is 5.73 Å². The molecule has 2 N–H and O–H groups in total. The van der Waals surface area contributed by atoms with Crippen LogP contribution in [-0.4, -0.2) is 35.8 Å². The molecule has 5 nitrogen and oxygen atoms in total. The highest BCUT2D eigenvalue weighted by molar-refractivity contribution is 9.10. The number of Topliss-reactive ketones (excluding diaryl/α,β-unsaturated/α-hetero) is 1. The van der Waals surface area contributed by atoms with Crippen molar-refractivity contribution in [1.29, 1.82) is 0 Å². The molecule has 0 radical (unpaired) electrons. The third kappa shape index (κ3) is 3.12. The summed E-state index contributed by atoms with van der Waals surface area (Å²) in [6.45, 7) is 1.44. The first kappa shape index (κ1) is 12.4. The van der Waals surface area contributed by atoms with E-state index in [0.29, 0.717) is 36.3 Å². The van der Waals surface area contributed by atoms with Crippen molar-refractivity contribution in [3.8, 4) is 0 Å². The molecule has 0 amide bonds. The average Bonchev–Trinajstić information content (AvgIpc) is 2.57. The van der Waals surface area contributed by atoms with Gasteiger partial charge < -0.3 is 10.5 Å². The van der Waals surface area contributed by atoms with E-state index in [4.69, 9.17) is 10.5 Å². The van der Waals surface area contributed by atoms with Crippen molar-refractivity contribution in [2.24, 2.45) is 5.73 Å². The van der Waals surface area contributed by atoms with Crippen LogP contribution in [0.25, 0.3) is 0 Å². The fourth-order valence-electron chi connectivity index (χ4n) is 1.24. The number of carbonyl (C=O) groups is 1. The van der Waals surface area contributed by atoms with Crippen molar-refractivity contribution in [2.45, 2.75) is 13.0 Å². The third-order valence-electron chi connectivity index (χ3n) is 1.94. The number of halogens is 1. The number of ketones is 1. The lowest BCUT2D eigenvalue weighted by molar-refractivity contribution is 0.0970. The van der Waals surface area contributed by atoms with E-state index < -0.39 is 0 Å². The van der Waals surface area contributed by atoms with Gasteiger partial charge in [0.05, 0.1) is 23.8 Å². The molecular weight excluding hydrogens is 262 g/mol. The van der Waals surface area contributed by atoms with Gasteiger partial charge in [-0.05, 0) is 22.5 Å². The molecule has 1 rings (SSSR count). The van der Waals surface area contributed by atoms with Gasteiger partial charge >= 0.3 is 0 Å². The molecule has 6 heteroatoms.